The van der Waals surface area contributed by atoms with E-state index in [4.69, 9.17) is 4.74 Å². The third-order valence-corrected chi connectivity index (χ3v) is 4.72. The van der Waals surface area contributed by atoms with Crippen LogP contribution in [0.3, 0.4) is 0 Å². The summed E-state index contributed by atoms with van der Waals surface area (Å²) in [5.74, 6) is 0.947. The lowest BCUT2D eigenvalue weighted by atomic mass is 9.72. The molecule has 0 aromatic rings. The van der Waals surface area contributed by atoms with Gasteiger partial charge in [0.2, 0.25) is 0 Å². The van der Waals surface area contributed by atoms with E-state index in [2.05, 4.69) is 22.4 Å². The Morgan fingerprint density at radius 1 is 1.15 bits per heavy atom. The molecule has 0 amide bonds. The van der Waals surface area contributed by atoms with Gasteiger partial charge in [-0.1, -0.05) is 12.8 Å². The van der Waals surface area contributed by atoms with Crippen LogP contribution in [0.2, 0.25) is 0 Å². The van der Waals surface area contributed by atoms with Crippen molar-refractivity contribution in [1.29, 1.82) is 10.5 Å². The molecule has 0 bridgehead atoms. The topological polar surface area (TPSA) is 72.1 Å². The molecule has 0 unspecified atom stereocenters. The quantitative estimate of drug-likeness (QED) is 0.780. The molecule has 5 heteroatoms. The van der Waals surface area contributed by atoms with E-state index >= 15 is 0 Å². The molecular weight excluding hydrogens is 252 g/mol. The van der Waals surface area contributed by atoms with E-state index in [1.165, 1.54) is 12.8 Å². The summed E-state index contributed by atoms with van der Waals surface area (Å²) in [7, 11) is 0. The molecule has 3 rings (SSSR count). The molecular formula is C15H20N4O. The first-order chi connectivity index (χ1) is 9.85. The van der Waals surface area contributed by atoms with Gasteiger partial charge in [0.15, 0.2) is 0 Å². The molecule has 2 fully saturated rings. The highest BCUT2D eigenvalue weighted by Crippen LogP contribution is 2.39. The number of allylic oxidation sites excluding steroid dienone is 1. The summed E-state index contributed by atoms with van der Waals surface area (Å²) in [5.41, 5.74) is 0.637. The third-order valence-electron chi connectivity index (χ3n) is 4.72. The van der Waals surface area contributed by atoms with Gasteiger partial charge in [0.1, 0.15) is 5.82 Å². The van der Waals surface area contributed by atoms with Gasteiger partial charge in [-0.2, -0.15) is 10.5 Å². The van der Waals surface area contributed by atoms with E-state index in [1.807, 2.05) is 0 Å². The molecule has 20 heavy (non-hydrogen) atoms. The second-order valence-corrected chi connectivity index (χ2v) is 5.78. The minimum Gasteiger partial charge on any atom is -0.378 e. The zero-order chi connectivity index (χ0) is 13.9. The van der Waals surface area contributed by atoms with Crippen molar-refractivity contribution in [2.45, 2.75) is 31.7 Å². The summed E-state index contributed by atoms with van der Waals surface area (Å²) >= 11 is 0. The number of nitriles is 2. The van der Waals surface area contributed by atoms with Gasteiger partial charge in [-0.3, -0.25) is 0 Å². The number of ether oxygens (including phenoxy) is 1. The molecule has 0 spiro atoms. The first-order valence-electron chi connectivity index (χ1n) is 7.48. The van der Waals surface area contributed by atoms with Crippen LogP contribution in [0.5, 0.6) is 0 Å². The lowest BCUT2D eigenvalue weighted by Gasteiger charge is -2.44. The van der Waals surface area contributed by atoms with E-state index in [1.54, 1.807) is 0 Å². The zero-order valence-corrected chi connectivity index (χ0v) is 11.6. The van der Waals surface area contributed by atoms with Crippen LogP contribution in [0.25, 0.3) is 0 Å². The third kappa shape index (κ3) is 2.23. The summed E-state index contributed by atoms with van der Waals surface area (Å²) in [6, 6.07) is 5.04. The Hall–Kier alpha value is -1.72. The van der Waals surface area contributed by atoms with Crippen LogP contribution in [-0.4, -0.2) is 37.2 Å². The van der Waals surface area contributed by atoms with E-state index in [0.29, 0.717) is 30.7 Å². The molecule has 0 aromatic heterocycles. The van der Waals surface area contributed by atoms with Crippen LogP contribution < -0.4 is 5.32 Å². The van der Waals surface area contributed by atoms with Gasteiger partial charge < -0.3 is 15.0 Å². The molecule has 0 aromatic carbocycles. The molecule has 3 atom stereocenters. The number of hydrogen-bond acceptors (Lipinski definition) is 5. The Morgan fingerprint density at radius 3 is 2.60 bits per heavy atom. The number of morpholine rings is 1. The molecule has 106 valence electrons. The van der Waals surface area contributed by atoms with Crippen LogP contribution >= 0.6 is 0 Å². The van der Waals surface area contributed by atoms with Crippen molar-refractivity contribution in [2.24, 2.45) is 11.8 Å². The predicted octanol–water partition coefficient (Wildman–Crippen LogP) is 1.36. The van der Waals surface area contributed by atoms with Gasteiger partial charge in [-0.25, -0.2) is 0 Å². The van der Waals surface area contributed by atoms with E-state index in [-0.39, 0.29) is 5.92 Å². The van der Waals surface area contributed by atoms with Gasteiger partial charge >= 0.3 is 0 Å². The van der Waals surface area contributed by atoms with Crippen molar-refractivity contribution in [3.63, 3.8) is 0 Å². The van der Waals surface area contributed by atoms with E-state index in [0.717, 1.165) is 31.8 Å². The Bertz CT molecular complexity index is 481. The van der Waals surface area contributed by atoms with Gasteiger partial charge in [0.05, 0.1) is 36.8 Å². The van der Waals surface area contributed by atoms with Crippen molar-refractivity contribution in [2.75, 3.05) is 26.3 Å². The highest BCUT2D eigenvalue weighted by Gasteiger charge is 2.41. The van der Waals surface area contributed by atoms with Crippen molar-refractivity contribution < 1.29 is 4.74 Å². The summed E-state index contributed by atoms with van der Waals surface area (Å²) < 4.78 is 5.38. The van der Waals surface area contributed by atoms with Crippen LogP contribution in [0.15, 0.2) is 11.4 Å². The standard InChI is InChI=1S/C15H20N4O/c16-9-12-11-3-1-2-4-14(11)18-15(13(12)10-17)19-5-7-20-8-6-19/h11-12,14,18H,1-8H2/t11-,12+,14+/m1/s1. The normalized spacial score (nSPS) is 33.7. The summed E-state index contributed by atoms with van der Waals surface area (Å²) in [6.07, 6.45) is 4.55. The molecule has 1 saturated carbocycles. The molecule has 3 aliphatic rings. The second-order valence-electron chi connectivity index (χ2n) is 5.78. The molecule has 2 heterocycles. The number of nitrogens with one attached hydrogen (secondary N) is 1. The minimum atomic E-state index is -0.246. The van der Waals surface area contributed by atoms with Crippen LogP contribution in [0, 0.1) is 34.5 Å². The van der Waals surface area contributed by atoms with Crippen molar-refractivity contribution in [3.05, 3.63) is 11.4 Å². The summed E-state index contributed by atoms with van der Waals surface area (Å²) in [4.78, 5) is 2.18. The smallest absolute Gasteiger partial charge is 0.117 e. The fourth-order valence-corrected chi connectivity index (χ4v) is 3.68. The van der Waals surface area contributed by atoms with Gasteiger partial charge in [-0.15, -0.1) is 0 Å². The van der Waals surface area contributed by atoms with Crippen molar-refractivity contribution >= 4 is 0 Å². The Morgan fingerprint density at radius 2 is 1.90 bits per heavy atom. The van der Waals surface area contributed by atoms with Gasteiger partial charge in [0.25, 0.3) is 0 Å². The highest BCUT2D eigenvalue weighted by molar-refractivity contribution is 5.37. The fourth-order valence-electron chi connectivity index (χ4n) is 3.68. The van der Waals surface area contributed by atoms with Crippen molar-refractivity contribution in [3.8, 4) is 12.1 Å². The summed E-state index contributed by atoms with van der Waals surface area (Å²) in [5, 5.41) is 22.6. The highest BCUT2D eigenvalue weighted by atomic mass is 16.5. The molecule has 0 radical (unpaired) electrons. The predicted molar refractivity (Wildman–Crippen MR) is 73.0 cm³/mol. The van der Waals surface area contributed by atoms with Crippen LogP contribution in [0.1, 0.15) is 25.7 Å². The van der Waals surface area contributed by atoms with Gasteiger partial charge in [0, 0.05) is 19.1 Å². The van der Waals surface area contributed by atoms with E-state index < -0.39 is 0 Å². The number of rotatable bonds is 1. The first-order valence-corrected chi connectivity index (χ1v) is 7.48. The summed E-state index contributed by atoms with van der Waals surface area (Å²) in [6.45, 7) is 2.97. The number of fused-ring (bicyclic) bond motifs is 1. The maximum Gasteiger partial charge on any atom is 0.117 e. The zero-order valence-electron chi connectivity index (χ0n) is 11.6. The molecule has 5 nitrogen and oxygen atoms in total. The molecule has 1 saturated heterocycles. The Balaban J connectivity index is 1.94. The maximum atomic E-state index is 9.54. The Kier molecular flexibility index (Phi) is 3.80. The fraction of sp³-hybridized carbons (Fsp3) is 0.733. The lowest BCUT2D eigenvalue weighted by molar-refractivity contribution is 0.0442. The average molecular weight is 272 g/mol. The van der Waals surface area contributed by atoms with Gasteiger partial charge in [-0.05, 0) is 18.8 Å². The second kappa shape index (κ2) is 5.73. The maximum absolute atomic E-state index is 9.54. The van der Waals surface area contributed by atoms with Crippen molar-refractivity contribution in [1.82, 2.24) is 10.2 Å². The van der Waals surface area contributed by atoms with Crippen LogP contribution in [0.4, 0.5) is 0 Å². The first kappa shape index (κ1) is 13.3. The number of hydrogen-bond donors (Lipinski definition) is 1. The SMILES string of the molecule is N#CC1=C(N2CCOCC2)N[C@H]2CCCC[C@@H]2[C@@H]1C#N. The molecule has 1 N–H and O–H groups in total. The molecule has 1 aliphatic carbocycles. The molecule has 2 aliphatic heterocycles. The number of nitrogens with zero attached hydrogens (tertiary/aromatic N) is 3. The van der Waals surface area contributed by atoms with E-state index in [9.17, 15) is 10.5 Å². The largest absolute Gasteiger partial charge is 0.378 e. The average Bonchev–Trinajstić information content (AvgIpc) is 2.53. The lowest BCUT2D eigenvalue weighted by Crippen LogP contribution is -2.52. The minimum absolute atomic E-state index is 0.246. The Labute approximate surface area is 119 Å². The monoisotopic (exact) mass is 272 g/mol. The van der Waals surface area contributed by atoms with Crippen LogP contribution in [-0.2, 0) is 4.74 Å².